The van der Waals surface area contributed by atoms with Crippen molar-refractivity contribution in [3.05, 3.63) is 42.1 Å². The molecule has 3 nitrogen and oxygen atoms in total. The van der Waals surface area contributed by atoms with Crippen LogP contribution in [0.5, 0.6) is 0 Å². The van der Waals surface area contributed by atoms with Gasteiger partial charge in [0.1, 0.15) is 0 Å². The average Bonchev–Trinajstić information content (AvgIpc) is 2.85. The molecule has 1 heterocycles. The predicted octanol–water partition coefficient (Wildman–Crippen LogP) is 2.92. The Morgan fingerprint density at radius 2 is 1.82 bits per heavy atom. The Bertz CT molecular complexity index is 444. The van der Waals surface area contributed by atoms with Gasteiger partial charge in [0.05, 0.1) is 11.9 Å². The van der Waals surface area contributed by atoms with Crippen molar-refractivity contribution >= 4 is 0 Å². The highest BCUT2D eigenvalue weighted by Crippen LogP contribution is 2.21. The molecule has 0 spiro atoms. The van der Waals surface area contributed by atoms with Crippen LogP contribution in [0.3, 0.4) is 0 Å². The van der Waals surface area contributed by atoms with Crippen LogP contribution in [-0.4, -0.2) is 28.2 Å². The van der Waals surface area contributed by atoms with Gasteiger partial charge in [0, 0.05) is 12.1 Å². The van der Waals surface area contributed by atoms with Crippen LogP contribution in [-0.2, 0) is 6.54 Å². The summed E-state index contributed by atoms with van der Waals surface area (Å²) in [6.45, 7) is 7.46. The molecule has 2 aromatic rings. The van der Waals surface area contributed by atoms with E-state index in [0.717, 1.165) is 25.3 Å². The van der Waals surface area contributed by atoms with Crippen LogP contribution in [0.4, 0.5) is 0 Å². The molecule has 0 aliphatic carbocycles. The Morgan fingerprint density at radius 3 is 2.47 bits per heavy atom. The fourth-order valence-corrected chi connectivity index (χ4v) is 1.97. The molecule has 90 valence electrons. The number of aromatic nitrogens is 2. The summed E-state index contributed by atoms with van der Waals surface area (Å²) >= 11 is 0. The van der Waals surface area contributed by atoms with Gasteiger partial charge in [-0.15, -0.1) is 0 Å². The molecule has 0 aliphatic rings. The molecule has 0 radical (unpaired) electrons. The number of nitrogens with zero attached hydrogens (tertiary/aromatic N) is 2. The van der Waals surface area contributed by atoms with E-state index in [2.05, 4.69) is 53.2 Å². The zero-order valence-corrected chi connectivity index (χ0v) is 10.5. The molecule has 3 heteroatoms. The highest BCUT2D eigenvalue weighted by Gasteiger charge is 2.09. The first-order valence-corrected chi connectivity index (χ1v) is 6.15. The monoisotopic (exact) mass is 229 g/mol. The summed E-state index contributed by atoms with van der Waals surface area (Å²) < 4.78 is 0. The van der Waals surface area contributed by atoms with Crippen LogP contribution in [0.15, 0.2) is 36.5 Å². The maximum absolute atomic E-state index is 4.17. The normalized spacial score (nSPS) is 11.0. The van der Waals surface area contributed by atoms with Crippen molar-refractivity contribution in [3.63, 3.8) is 0 Å². The Balaban J connectivity index is 2.23. The van der Waals surface area contributed by atoms with E-state index in [1.54, 1.807) is 0 Å². The summed E-state index contributed by atoms with van der Waals surface area (Å²) in [7, 11) is 0. The second-order valence-electron chi connectivity index (χ2n) is 4.10. The van der Waals surface area contributed by atoms with Crippen molar-refractivity contribution in [1.29, 1.82) is 0 Å². The van der Waals surface area contributed by atoms with Crippen LogP contribution >= 0.6 is 0 Å². The number of nitrogens with one attached hydrogen (secondary N) is 1. The maximum Gasteiger partial charge on any atom is 0.0695 e. The lowest BCUT2D eigenvalue weighted by Gasteiger charge is -2.17. The Morgan fingerprint density at radius 1 is 1.12 bits per heavy atom. The standard InChI is InChI=1S/C14H19N3/c1-3-17(4-2)11-13-10-15-16-14(13)12-8-6-5-7-9-12/h5-10H,3-4,11H2,1-2H3,(H,15,16). The third-order valence-corrected chi connectivity index (χ3v) is 3.07. The van der Waals surface area contributed by atoms with Crippen LogP contribution in [0, 0.1) is 0 Å². The molecule has 0 aliphatic heterocycles. The molecule has 0 unspecified atom stereocenters. The smallest absolute Gasteiger partial charge is 0.0695 e. The average molecular weight is 229 g/mol. The molecule has 0 saturated heterocycles. The van der Waals surface area contributed by atoms with E-state index in [0.29, 0.717) is 0 Å². The third kappa shape index (κ3) is 2.74. The number of benzene rings is 1. The van der Waals surface area contributed by atoms with E-state index in [-0.39, 0.29) is 0 Å². The summed E-state index contributed by atoms with van der Waals surface area (Å²) in [5.41, 5.74) is 3.60. The molecule has 0 saturated carbocycles. The van der Waals surface area contributed by atoms with Gasteiger partial charge in [0.25, 0.3) is 0 Å². The van der Waals surface area contributed by atoms with Crippen molar-refractivity contribution in [2.45, 2.75) is 20.4 Å². The summed E-state index contributed by atoms with van der Waals surface area (Å²) in [5, 5.41) is 7.27. The fraction of sp³-hybridized carbons (Fsp3) is 0.357. The second kappa shape index (κ2) is 5.64. The van der Waals surface area contributed by atoms with Gasteiger partial charge in [0.2, 0.25) is 0 Å². The summed E-state index contributed by atoms with van der Waals surface area (Å²) in [6.07, 6.45) is 1.93. The molecule has 0 atom stereocenters. The van der Waals surface area contributed by atoms with E-state index in [1.807, 2.05) is 12.3 Å². The number of rotatable bonds is 5. The molecule has 1 N–H and O–H groups in total. The minimum atomic E-state index is 0.952. The highest BCUT2D eigenvalue weighted by molar-refractivity contribution is 5.62. The van der Waals surface area contributed by atoms with E-state index >= 15 is 0 Å². The van der Waals surface area contributed by atoms with Crippen LogP contribution in [0.25, 0.3) is 11.3 Å². The van der Waals surface area contributed by atoms with E-state index in [1.165, 1.54) is 11.1 Å². The molecular weight excluding hydrogens is 210 g/mol. The first kappa shape index (κ1) is 11.9. The fourth-order valence-electron chi connectivity index (χ4n) is 1.97. The zero-order chi connectivity index (χ0) is 12.1. The third-order valence-electron chi connectivity index (χ3n) is 3.07. The first-order valence-electron chi connectivity index (χ1n) is 6.15. The minimum absolute atomic E-state index is 0.952. The molecule has 17 heavy (non-hydrogen) atoms. The molecular formula is C14H19N3. The van der Waals surface area contributed by atoms with E-state index in [9.17, 15) is 0 Å². The van der Waals surface area contributed by atoms with Crippen LogP contribution < -0.4 is 0 Å². The summed E-state index contributed by atoms with van der Waals surface area (Å²) in [5.74, 6) is 0. The Hall–Kier alpha value is -1.61. The lowest BCUT2D eigenvalue weighted by molar-refractivity contribution is 0.296. The minimum Gasteiger partial charge on any atom is -0.299 e. The van der Waals surface area contributed by atoms with Crippen molar-refractivity contribution < 1.29 is 0 Å². The second-order valence-corrected chi connectivity index (χ2v) is 4.10. The van der Waals surface area contributed by atoms with Crippen molar-refractivity contribution in [3.8, 4) is 11.3 Å². The lowest BCUT2D eigenvalue weighted by Crippen LogP contribution is -2.22. The van der Waals surface area contributed by atoms with Gasteiger partial charge in [-0.05, 0) is 18.7 Å². The van der Waals surface area contributed by atoms with Crippen LogP contribution in [0.1, 0.15) is 19.4 Å². The number of H-pyrrole nitrogens is 1. The van der Waals surface area contributed by atoms with Crippen molar-refractivity contribution in [1.82, 2.24) is 15.1 Å². The molecule has 1 aromatic heterocycles. The number of hydrogen-bond acceptors (Lipinski definition) is 2. The lowest BCUT2D eigenvalue weighted by atomic mass is 10.1. The van der Waals surface area contributed by atoms with Crippen LogP contribution in [0.2, 0.25) is 0 Å². The molecule has 2 rings (SSSR count). The summed E-state index contributed by atoms with van der Waals surface area (Å²) in [4.78, 5) is 2.39. The number of hydrogen-bond donors (Lipinski definition) is 1. The largest absolute Gasteiger partial charge is 0.299 e. The zero-order valence-electron chi connectivity index (χ0n) is 10.5. The van der Waals surface area contributed by atoms with Gasteiger partial charge >= 0.3 is 0 Å². The molecule has 0 amide bonds. The number of aromatic amines is 1. The molecule has 0 bridgehead atoms. The quantitative estimate of drug-likeness (QED) is 0.855. The van der Waals surface area contributed by atoms with Gasteiger partial charge in [-0.1, -0.05) is 44.2 Å². The first-order chi connectivity index (χ1) is 8.35. The van der Waals surface area contributed by atoms with Crippen molar-refractivity contribution in [2.24, 2.45) is 0 Å². The Kier molecular flexibility index (Phi) is 3.94. The summed E-state index contributed by atoms with van der Waals surface area (Å²) in [6, 6.07) is 10.4. The van der Waals surface area contributed by atoms with Gasteiger partial charge in [-0.25, -0.2) is 0 Å². The highest BCUT2D eigenvalue weighted by atomic mass is 15.1. The van der Waals surface area contributed by atoms with Gasteiger partial charge in [0.15, 0.2) is 0 Å². The van der Waals surface area contributed by atoms with E-state index in [4.69, 9.17) is 0 Å². The Labute approximate surface area is 102 Å². The van der Waals surface area contributed by atoms with Gasteiger partial charge in [-0.3, -0.25) is 10.00 Å². The maximum atomic E-state index is 4.17. The predicted molar refractivity (Wildman–Crippen MR) is 70.6 cm³/mol. The molecule has 1 aromatic carbocycles. The van der Waals surface area contributed by atoms with Crippen molar-refractivity contribution in [2.75, 3.05) is 13.1 Å². The SMILES string of the molecule is CCN(CC)Cc1cn[nH]c1-c1ccccc1. The molecule has 0 fully saturated rings. The van der Waals surface area contributed by atoms with E-state index < -0.39 is 0 Å². The topological polar surface area (TPSA) is 31.9 Å². The van der Waals surface area contributed by atoms with Gasteiger partial charge < -0.3 is 0 Å². The van der Waals surface area contributed by atoms with Gasteiger partial charge in [-0.2, -0.15) is 5.10 Å².